The van der Waals surface area contributed by atoms with Crippen molar-refractivity contribution in [2.75, 3.05) is 0 Å². The number of rotatable bonds is 0. The Balaban J connectivity index is 3.04. The van der Waals surface area contributed by atoms with Gasteiger partial charge < -0.3 is 0 Å². The van der Waals surface area contributed by atoms with Gasteiger partial charge >= 0.3 is 2.34 Å². The van der Waals surface area contributed by atoms with Crippen LogP contribution in [-0.4, -0.2) is 19.2 Å². The van der Waals surface area contributed by atoms with Crippen molar-refractivity contribution in [1.29, 1.82) is 0 Å². The van der Waals surface area contributed by atoms with Crippen LogP contribution >= 0.6 is 22.6 Å². The zero-order valence-electron chi connectivity index (χ0n) is 7.01. The van der Waals surface area contributed by atoms with Gasteiger partial charge in [0.1, 0.15) is 0 Å². The van der Waals surface area contributed by atoms with Crippen LogP contribution in [0, 0.1) is 0 Å². The van der Waals surface area contributed by atoms with E-state index < -0.39 is 31.8 Å². The highest BCUT2D eigenvalue weighted by Crippen LogP contribution is 2.50. The number of benzene rings is 1. The molecule has 4 nitrogen and oxygen atoms in total. The van der Waals surface area contributed by atoms with Crippen LogP contribution < -0.4 is 0 Å². The second-order valence-electron chi connectivity index (χ2n) is 2.92. The first-order valence-electron chi connectivity index (χ1n) is 3.69. The number of fused-ring (bicyclic) bond motifs is 1. The topological polar surface area (TPSA) is 68.3 Å². The van der Waals surface area contributed by atoms with Gasteiger partial charge in [-0.15, -0.1) is 0 Å². The zero-order chi connectivity index (χ0) is 11.5. The Hall–Kier alpha value is -0.220. The molecule has 0 N–H and O–H groups in total. The van der Waals surface area contributed by atoms with E-state index in [4.69, 9.17) is 0 Å². The van der Waals surface area contributed by atoms with Crippen molar-refractivity contribution in [2.45, 2.75) is 12.1 Å². The van der Waals surface area contributed by atoms with Crippen LogP contribution in [0.5, 0.6) is 0 Å². The maximum atomic E-state index is 13.8. The molecule has 2 rings (SSSR count). The third-order valence-electron chi connectivity index (χ3n) is 2.05. The summed E-state index contributed by atoms with van der Waals surface area (Å²) in [6.45, 7) is 0. The third-order valence-corrected chi connectivity index (χ3v) is 10.1. The van der Waals surface area contributed by atoms with Crippen LogP contribution in [0.1, 0.15) is 0 Å². The van der Waals surface area contributed by atoms with Crippen LogP contribution in [0.3, 0.4) is 0 Å². The first-order chi connectivity index (χ1) is 6.73. The summed E-state index contributed by atoms with van der Waals surface area (Å²) >= 11 is 0.805. The molecule has 0 saturated heterocycles. The molecule has 1 aromatic carbocycles. The third kappa shape index (κ3) is 1.15. The summed E-state index contributed by atoms with van der Waals surface area (Å²) in [5, 5.41) is 0. The molecule has 0 aromatic heterocycles. The second-order valence-corrected chi connectivity index (χ2v) is 10.1. The van der Waals surface area contributed by atoms with E-state index in [0.29, 0.717) is 0 Å². The predicted octanol–water partition coefficient (Wildman–Crippen LogP) is 1.26. The SMILES string of the molecule is O=S1(=O)c2ccccc2S(=O)(=O)C1(F)I. The summed E-state index contributed by atoms with van der Waals surface area (Å²) in [5.41, 5.74) is 0. The van der Waals surface area contributed by atoms with Gasteiger partial charge in [0.15, 0.2) is 0 Å². The monoisotopic (exact) mass is 362 g/mol. The van der Waals surface area contributed by atoms with Gasteiger partial charge in [0.2, 0.25) is 19.7 Å². The minimum absolute atomic E-state index is 0.470. The molecule has 0 bridgehead atoms. The number of hydrogen-bond donors (Lipinski definition) is 0. The van der Waals surface area contributed by atoms with Gasteiger partial charge in [0.25, 0.3) is 0 Å². The van der Waals surface area contributed by atoms with Gasteiger partial charge in [-0.1, -0.05) is 12.1 Å². The fraction of sp³-hybridized carbons (Fsp3) is 0.143. The van der Waals surface area contributed by atoms with Crippen molar-refractivity contribution in [3.63, 3.8) is 0 Å². The van der Waals surface area contributed by atoms with Crippen LogP contribution in [0.2, 0.25) is 0 Å². The van der Waals surface area contributed by atoms with Gasteiger partial charge in [-0.05, 0) is 34.7 Å². The van der Waals surface area contributed by atoms with Crippen molar-refractivity contribution in [2.24, 2.45) is 0 Å². The molecule has 8 heteroatoms. The lowest BCUT2D eigenvalue weighted by Gasteiger charge is -2.08. The van der Waals surface area contributed by atoms with E-state index in [1.807, 2.05) is 0 Å². The Labute approximate surface area is 99.5 Å². The van der Waals surface area contributed by atoms with Gasteiger partial charge in [0, 0.05) is 0 Å². The number of alkyl halides is 2. The Bertz CT molecular complexity index is 578. The Morgan fingerprint density at radius 3 is 1.67 bits per heavy atom. The van der Waals surface area contributed by atoms with Crippen molar-refractivity contribution in [3.8, 4) is 0 Å². The molecule has 15 heavy (non-hydrogen) atoms. The molecule has 0 unspecified atom stereocenters. The molecule has 0 amide bonds. The van der Waals surface area contributed by atoms with E-state index in [-0.39, 0.29) is 0 Å². The van der Waals surface area contributed by atoms with Crippen LogP contribution in [-0.2, 0) is 19.7 Å². The Morgan fingerprint density at radius 1 is 1.00 bits per heavy atom. The summed E-state index contributed by atoms with van der Waals surface area (Å²) in [6, 6.07) is 4.87. The molecule has 1 aromatic rings. The number of halogens is 2. The van der Waals surface area contributed by atoms with Crippen LogP contribution in [0.25, 0.3) is 0 Å². The minimum Gasteiger partial charge on any atom is -0.218 e. The van der Waals surface area contributed by atoms with E-state index in [9.17, 15) is 21.2 Å². The smallest absolute Gasteiger partial charge is 0.218 e. The summed E-state index contributed by atoms with van der Waals surface area (Å²) in [4.78, 5) is -0.941. The summed E-state index contributed by atoms with van der Waals surface area (Å²) in [7, 11) is -8.92. The predicted molar refractivity (Wildman–Crippen MR) is 58.7 cm³/mol. The zero-order valence-corrected chi connectivity index (χ0v) is 10.8. The first kappa shape index (κ1) is 11.3. The number of hydrogen-bond acceptors (Lipinski definition) is 4. The van der Waals surface area contributed by atoms with Gasteiger partial charge in [0.05, 0.1) is 9.79 Å². The van der Waals surface area contributed by atoms with Crippen LogP contribution in [0.4, 0.5) is 4.39 Å². The standard InChI is InChI=1S/C7H4FIO4S2/c8-7(9)14(10,11)5-3-1-2-4-6(5)15(7,12)13/h1-4H. The molecule has 1 aliphatic rings. The highest BCUT2D eigenvalue weighted by molar-refractivity contribution is 14.1. The molecule has 0 radical (unpaired) electrons. The second kappa shape index (κ2) is 2.92. The molecule has 0 aliphatic carbocycles. The van der Waals surface area contributed by atoms with Crippen molar-refractivity contribution in [1.82, 2.24) is 0 Å². The summed E-state index contributed by atoms with van der Waals surface area (Å²) in [5.74, 6) is 0. The first-order valence-corrected chi connectivity index (χ1v) is 7.73. The van der Waals surface area contributed by atoms with Gasteiger partial charge in [-0.25, -0.2) is 16.8 Å². The fourth-order valence-electron chi connectivity index (χ4n) is 1.29. The summed E-state index contributed by atoms with van der Waals surface area (Å²) in [6.07, 6.45) is 0. The summed E-state index contributed by atoms with van der Waals surface area (Å²) < 4.78 is 56.7. The average molecular weight is 362 g/mol. The van der Waals surface area contributed by atoms with Crippen LogP contribution in [0.15, 0.2) is 34.1 Å². The fourth-order valence-corrected chi connectivity index (χ4v) is 6.76. The molecule has 0 fully saturated rings. The molecule has 82 valence electrons. The average Bonchev–Trinajstić information content (AvgIpc) is 2.26. The molecule has 1 aliphatic heterocycles. The normalized spacial score (nSPS) is 24.7. The van der Waals surface area contributed by atoms with Gasteiger partial charge in [-0.2, -0.15) is 4.39 Å². The lowest BCUT2D eigenvalue weighted by molar-refractivity contribution is 0.472. The number of sulfone groups is 2. The molecule has 1 heterocycles. The lowest BCUT2D eigenvalue weighted by atomic mass is 10.4. The largest absolute Gasteiger partial charge is 0.365 e. The molecule has 0 spiro atoms. The van der Waals surface area contributed by atoms with E-state index in [1.165, 1.54) is 12.1 Å². The lowest BCUT2D eigenvalue weighted by Crippen LogP contribution is -2.28. The Kier molecular flexibility index (Phi) is 2.19. The molecular weight excluding hydrogens is 358 g/mol. The van der Waals surface area contributed by atoms with Crippen molar-refractivity contribution < 1.29 is 21.2 Å². The van der Waals surface area contributed by atoms with E-state index in [1.54, 1.807) is 0 Å². The quantitative estimate of drug-likeness (QED) is 0.515. The van der Waals surface area contributed by atoms with Crippen molar-refractivity contribution in [3.05, 3.63) is 24.3 Å². The van der Waals surface area contributed by atoms with E-state index in [2.05, 4.69) is 0 Å². The highest BCUT2D eigenvalue weighted by atomic mass is 127. The minimum atomic E-state index is -4.46. The molecule has 0 saturated carbocycles. The molecule has 0 atom stereocenters. The highest BCUT2D eigenvalue weighted by Gasteiger charge is 2.62. The van der Waals surface area contributed by atoms with Gasteiger partial charge in [-0.3, -0.25) is 0 Å². The van der Waals surface area contributed by atoms with E-state index in [0.717, 1.165) is 34.7 Å². The van der Waals surface area contributed by atoms with E-state index >= 15 is 0 Å². The maximum absolute atomic E-state index is 13.8. The Morgan fingerprint density at radius 2 is 1.33 bits per heavy atom. The van der Waals surface area contributed by atoms with Crippen molar-refractivity contribution >= 4 is 42.3 Å². The maximum Gasteiger partial charge on any atom is 0.365 e. The molecular formula is C7H4FIO4S2.